The van der Waals surface area contributed by atoms with E-state index < -0.39 is 0 Å². The molecule has 0 radical (unpaired) electrons. The van der Waals surface area contributed by atoms with Crippen molar-refractivity contribution in [2.75, 3.05) is 19.6 Å². The van der Waals surface area contributed by atoms with E-state index in [1.165, 1.54) is 25.0 Å². The number of hydrogen-bond acceptors (Lipinski definition) is 3. The van der Waals surface area contributed by atoms with Crippen molar-refractivity contribution in [1.29, 1.82) is 0 Å². The van der Waals surface area contributed by atoms with Crippen molar-refractivity contribution in [1.82, 2.24) is 10.2 Å². The van der Waals surface area contributed by atoms with E-state index in [2.05, 4.69) is 5.32 Å². The Morgan fingerprint density at radius 2 is 1.86 bits per heavy atom. The summed E-state index contributed by atoms with van der Waals surface area (Å²) in [4.78, 5) is 14.8. The van der Waals surface area contributed by atoms with Crippen LogP contribution in [0.3, 0.4) is 0 Å². The molecule has 5 heteroatoms. The first kappa shape index (κ1) is 18.9. The van der Waals surface area contributed by atoms with Crippen LogP contribution in [-0.2, 0) is 6.61 Å². The summed E-state index contributed by atoms with van der Waals surface area (Å²) in [5.41, 5.74) is 1.58. The van der Waals surface area contributed by atoms with Gasteiger partial charge in [0.1, 0.15) is 18.2 Å². The molecule has 4 rings (SSSR count). The Kier molecular flexibility index (Phi) is 5.91. The van der Waals surface area contributed by atoms with Gasteiger partial charge in [-0.05, 0) is 68.0 Å². The average molecular weight is 382 g/mol. The molecule has 0 atom stereocenters. The number of nitrogens with zero attached hydrogens (tertiary/aromatic N) is 1. The molecule has 1 N–H and O–H groups in total. The molecule has 1 aliphatic carbocycles. The van der Waals surface area contributed by atoms with Crippen LogP contribution in [0.2, 0.25) is 0 Å². The summed E-state index contributed by atoms with van der Waals surface area (Å²) in [6, 6.07) is 14.1. The predicted molar refractivity (Wildman–Crippen MR) is 107 cm³/mol. The van der Waals surface area contributed by atoms with Crippen LogP contribution in [0, 0.1) is 11.7 Å². The first-order valence-electron chi connectivity index (χ1n) is 10.2. The van der Waals surface area contributed by atoms with Crippen LogP contribution in [0.15, 0.2) is 48.5 Å². The maximum Gasteiger partial charge on any atom is 0.253 e. The second-order valence-electron chi connectivity index (χ2n) is 7.86. The van der Waals surface area contributed by atoms with Crippen LogP contribution in [0.25, 0.3) is 0 Å². The number of rotatable bonds is 7. The predicted octanol–water partition coefficient (Wildman–Crippen LogP) is 4.01. The summed E-state index contributed by atoms with van der Waals surface area (Å²) in [7, 11) is 0. The summed E-state index contributed by atoms with van der Waals surface area (Å²) in [5, 5.41) is 3.65. The van der Waals surface area contributed by atoms with Gasteiger partial charge >= 0.3 is 0 Å². The van der Waals surface area contributed by atoms with Crippen LogP contribution < -0.4 is 10.1 Å². The fourth-order valence-electron chi connectivity index (χ4n) is 3.64. The van der Waals surface area contributed by atoms with Gasteiger partial charge in [-0.2, -0.15) is 0 Å². The molecule has 0 spiro atoms. The van der Waals surface area contributed by atoms with E-state index in [1.54, 1.807) is 12.1 Å². The van der Waals surface area contributed by atoms with Crippen LogP contribution in [-0.4, -0.2) is 36.5 Å². The summed E-state index contributed by atoms with van der Waals surface area (Å²) < 4.78 is 18.9. The minimum absolute atomic E-state index is 0.0771. The molecule has 1 heterocycles. The first-order chi connectivity index (χ1) is 13.7. The Labute approximate surface area is 165 Å². The van der Waals surface area contributed by atoms with E-state index in [-0.39, 0.29) is 11.7 Å². The molecule has 148 valence electrons. The molecule has 0 aromatic heterocycles. The number of likely N-dealkylation sites (tertiary alicyclic amines) is 1. The molecule has 2 fully saturated rings. The lowest BCUT2D eigenvalue weighted by Gasteiger charge is -2.32. The minimum Gasteiger partial charge on any atom is -0.489 e. The minimum atomic E-state index is -0.323. The van der Waals surface area contributed by atoms with Gasteiger partial charge in [0, 0.05) is 30.8 Å². The zero-order valence-corrected chi connectivity index (χ0v) is 16.1. The zero-order valence-electron chi connectivity index (χ0n) is 16.1. The molecule has 4 nitrogen and oxygen atoms in total. The van der Waals surface area contributed by atoms with Gasteiger partial charge in [-0.1, -0.05) is 18.2 Å². The number of amides is 1. The second-order valence-corrected chi connectivity index (χ2v) is 7.86. The van der Waals surface area contributed by atoms with E-state index in [0.717, 1.165) is 44.0 Å². The molecule has 28 heavy (non-hydrogen) atoms. The molecular formula is C23H27FN2O2. The quantitative estimate of drug-likeness (QED) is 0.787. The van der Waals surface area contributed by atoms with E-state index in [1.807, 2.05) is 29.2 Å². The van der Waals surface area contributed by atoms with Gasteiger partial charge in [-0.25, -0.2) is 4.39 Å². The molecular weight excluding hydrogens is 355 g/mol. The summed E-state index contributed by atoms with van der Waals surface area (Å²) in [5.74, 6) is 1.12. The second kappa shape index (κ2) is 8.74. The van der Waals surface area contributed by atoms with Crippen molar-refractivity contribution >= 4 is 5.91 Å². The Bertz CT molecular complexity index is 814. The highest BCUT2D eigenvalue weighted by molar-refractivity contribution is 5.94. The SMILES string of the molecule is O=C(c1cccc(COc2cccc(F)c2)c1)N1CCC(NCC2CC2)CC1. The van der Waals surface area contributed by atoms with E-state index in [9.17, 15) is 9.18 Å². The Balaban J connectivity index is 1.30. The Morgan fingerprint density at radius 1 is 1.07 bits per heavy atom. The highest BCUT2D eigenvalue weighted by Crippen LogP contribution is 2.28. The average Bonchev–Trinajstić information content (AvgIpc) is 3.55. The third-order valence-electron chi connectivity index (χ3n) is 5.55. The topological polar surface area (TPSA) is 41.6 Å². The van der Waals surface area contributed by atoms with Crippen molar-refractivity contribution in [3.63, 3.8) is 0 Å². The van der Waals surface area contributed by atoms with Gasteiger partial charge in [-0.3, -0.25) is 4.79 Å². The van der Waals surface area contributed by atoms with E-state index in [4.69, 9.17) is 4.74 Å². The number of hydrogen-bond donors (Lipinski definition) is 1. The molecule has 1 saturated heterocycles. The van der Waals surface area contributed by atoms with E-state index >= 15 is 0 Å². The largest absolute Gasteiger partial charge is 0.489 e. The smallest absolute Gasteiger partial charge is 0.253 e. The van der Waals surface area contributed by atoms with Crippen LogP contribution in [0.5, 0.6) is 5.75 Å². The third-order valence-corrected chi connectivity index (χ3v) is 5.55. The highest BCUT2D eigenvalue weighted by Gasteiger charge is 2.26. The van der Waals surface area contributed by atoms with Gasteiger partial charge in [0.15, 0.2) is 0 Å². The van der Waals surface area contributed by atoms with Crippen LogP contribution in [0.1, 0.15) is 41.6 Å². The summed E-state index contributed by atoms with van der Waals surface area (Å²) in [6.07, 6.45) is 4.76. The number of halogens is 1. The molecule has 2 aromatic rings. The number of carbonyl (C=O) groups is 1. The standard InChI is InChI=1S/C23H27FN2O2/c24-20-5-2-6-22(14-20)28-16-18-3-1-4-19(13-18)23(27)26-11-9-21(10-12-26)25-15-17-7-8-17/h1-6,13-14,17,21,25H,7-12,15-16H2. The van der Waals surface area contributed by atoms with Gasteiger partial charge in [0.2, 0.25) is 0 Å². The lowest BCUT2D eigenvalue weighted by Crippen LogP contribution is -2.45. The fraction of sp³-hybridized carbons (Fsp3) is 0.435. The number of carbonyl (C=O) groups excluding carboxylic acids is 1. The number of ether oxygens (including phenoxy) is 1. The molecule has 1 saturated carbocycles. The normalized spacial score (nSPS) is 17.5. The molecule has 1 aliphatic heterocycles. The number of benzene rings is 2. The molecule has 0 unspecified atom stereocenters. The van der Waals surface area contributed by atoms with Crippen molar-refractivity contribution in [2.24, 2.45) is 5.92 Å². The zero-order chi connectivity index (χ0) is 19.3. The maximum atomic E-state index is 13.3. The van der Waals surface area contributed by atoms with Crippen molar-refractivity contribution in [3.05, 3.63) is 65.5 Å². The van der Waals surface area contributed by atoms with Crippen LogP contribution >= 0.6 is 0 Å². The monoisotopic (exact) mass is 382 g/mol. The molecule has 0 bridgehead atoms. The van der Waals surface area contributed by atoms with Gasteiger partial charge in [0.05, 0.1) is 0 Å². The third kappa shape index (κ3) is 5.10. The maximum absolute atomic E-state index is 13.3. The molecule has 1 amide bonds. The van der Waals surface area contributed by atoms with Gasteiger partial charge < -0.3 is 15.0 Å². The van der Waals surface area contributed by atoms with Crippen molar-refractivity contribution < 1.29 is 13.9 Å². The first-order valence-corrected chi connectivity index (χ1v) is 10.2. The lowest BCUT2D eigenvalue weighted by atomic mass is 10.0. The Morgan fingerprint density at radius 3 is 2.61 bits per heavy atom. The van der Waals surface area contributed by atoms with Crippen molar-refractivity contribution in [2.45, 2.75) is 38.3 Å². The fourth-order valence-corrected chi connectivity index (χ4v) is 3.64. The summed E-state index contributed by atoms with van der Waals surface area (Å²) >= 11 is 0. The van der Waals surface area contributed by atoms with E-state index in [0.29, 0.717) is 24.0 Å². The van der Waals surface area contributed by atoms with Crippen LogP contribution in [0.4, 0.5) is 4.39 Å². The summed E-state index contributed by atoms with van der Waals surface area (Å²) in [6.45, 7) is 3.03. The van der Waals surface area contributed by atoms with Gasteiger partial charge in [0.25, 0.3) is 5.91 Å². The molecule has 2 aromatic carbocycles. The number of nitrogens with one attached hydrogen (secondary N) is 1. The Hall–Kier alpha value is -2.40. The van der Waals surface area contributed by atoms with Gasteiger partial charge in [-0.15, -0.1) is 0 Å². The lowest BCUT2D eigenvalue weighted by molar-refractivity contribution is 0.0705. The molecule has 2 aliphatic rings. The number of piperidine rings is 1. The highest BCUT2D eigenvalue weighted by atomic mass is 19.1. The van der Waals surface area contributed by atoms with Crippen molar-refractivity contribution in [3.8, 4) is 5.75 Å².